The van der Waals surface area contributed by atoms with Crippen molar-refractivity contribution in [2.75, 3.05) is 14.1 Å². The summed E-state index contributed by atoms with van der Waals surface area (Å²) in [5.74, 6) is 2.14. The Morgan fingerprint density at radius 1 is 1.19 bits per heavy atom. The van der Waals surface area contributed by atoms with Crippen molar-refractivity contribution < 1.29 is 8.42 Å². The highest BCUT2D eigenvalue weighted by atomic mass is 32.2. The molecule has 1 N–H and O–H groups in total. The van der Waals surface area contributed by atoms with Crippen LogP contribution < -0.4 is 4.72 Å². The molecular weight excluding hydrogens is 350 g/mol. The molecule has 0 atom stereocenters. The van der Waals surface area contributed by atoms with E-state index in [-0.39, 0.29) is 17.7 Å². The first-order valence-corrected chi connectivity index (χ1v) is 10.5. The molecule has 0 saturated heterocycles. The number of benzene rings is 1. The Bertz CT molecular complexity index is 852. The quantitative estimate of drug-likeness (QED) is 0.792. The number of aryl methyl sites for hydroxylation is 1. The Balaban J connectivity index is 1.55. The minimum Gasteiger partial charge on any atom is -0.317 e. The van der Waals surface area contributed by atoms with E-state index in [4.69, 9.17) is 0 Å². The van der Waals surface area contributed by atoms with Crippen molar-refractivity contribution in [1.29, 1.82) is 0 Å². The van der Waals surface area contributed by atoms with Gasteiger partial charge in [0.05, 0.1) is 12.3 Å². The molecule has 1 aliphatic rings. The Morgan fingerprint density at radius 2 is 1.85 bits per heavy atom. The lowest BCUT2D eigenvalue weighted by molar-refractivity contribution is 0.307. The second-order valence-corrected chi connectivity index (χ2v) is 9.25. The van der Waals surface area contributed by atoms with Crippen LogP contribution in [0.15, 0.2) is 24.3 Å². The summed E-state index contributed by atoms with van der Waals surface area (Å²) in [6, 6.07) is 7.57. The normalized spacial score (nSPS) is 20.3. The third kappa shape index (κ3) is 4.49. The molecule has 26 heavy (non-hydrogen) atoms. The van der Waals surface area contributed by atoms with Gasteiger partial charge in [-0.3, -0.25) is 0 Å². The van der Waals surface area contributed by atoms with Gasteiger partial charge in [-0.15, -0.1) is 10.2 Å². The zero-order chi connectivity index (χ0) is 18.9. The van der Waals surface area contributed by atoms with E-state index >= 15 is 0 Å². The van der Waals surface area contributed by atoms with E-state index in [1.54, 1.807) is 0 Å². The summed E-state index contributed by atoms with van der Waals surface area (Å²) in [5, 5.41) is 8.56. The molecule has 1 saturated carbocycles. The topological polar surface area (TPSA) is 80.1 Å². The van der Waals surface area contributed by atoms with E-state index in [0.29, 0.717) is 0 Å². The molecule has 1 fully saturated rings. The van der Waals surface area contributed by atoms with Gasteiger partial charge in [0.15, 0.2) is 0 Å². The maximum Gasteiger partial charge on any atom is 0.216 e. The molecule has 0 bridgehead atoms. The lowest BCUT2D eigenvalue weighted by atomic mass is 9.80. The Morgan fingerprint density at radius 3 is 2.46 bits per heavy atom. The van der Waals surface area contributed by atoms with Crippen molar-refractivity contribution in [3.05, 3.63) is 47.0 Å². The number of nitrogens with zero attached hydrogens (tertiary/aromatic N) is 4. The minimum absolute atomic E-state index is 0.0192. The zero-order valence-electron chi connectivity index (χ0n) is 15.8. The molecule has 0 radical (unpaired) electrons. The van der Waals surface area contributed by atoms with Crippen LogP contribution in [0.2, 0.25) is 0 Å². The van der Waals surface area contributed by atoms with Crippen LogP contribution >= 0.6 is 0 Å². The molecule has 1 aromatic heterocycles. The third-order valence-electron chi connectivity index (χ3n) is 4.78. The van der Waals surface area contributed by atoms with Crippen LogP contribution in [0.1, 0.15) is 41.5 Å². The molecule has 3 rings (SSSR count). The lowest BCUT2D eigenvalue weighted by Crippen LogP contribution is -2.44. The highest BCUT2D eigenvalue weighted by Gasteiger charge is 2.36. The van der Waals surface area contributed by atoms with Gasteiger partial charge < -0.3 is 9.47 Å². The smallest absolute Gasteiger partial charge is 0.216 e. The Hall–Kier alpha value is -1.77. The second-order valence-electron chi connectivity index (χ2n) is 7.50. The van der Waals surface area contributed by atoms with Crippen LogP contribution in [-0.2, 0) is 29.4 Å². The Kier molecular flexibility index (Phi) is 5.45. The van der Waals surface area contributed by atoms with Crippen LogP contribution in [0.25, 0.3) is 0 Å². The predicted octanol–water partition coefficient (Wildman–Crippen LogP) is 1.55. The Labute approximate surface area is 155 Å². The highest BCUT2D eigenvalue weighted by molar-refractivity contribution is 7.88. The summed E-state index contributed by atoms with van der Waals surface area (Å²) in [6.07, 6.45) is 1.53. The summed E-state index contributed by atoms with van der Waals surface area (Å²) >= 11 is 0. The van der Waals surface area contributed by atoms with Crippen molar-refractivity contribution in [2.45, 2.75) is 44.0 Å². The molecule has 0 unspecified atom stereocenters. The molecule has 1 heterocycles. The van der Waals surface area contributed by atoms with Gasteiger partial charge in [0, 0.05) is 19.0 Å². The molecule has 0 aliphatic heterocycles. The number of aromatic nitrogens is 3. The van der Waals surface area contributed by atoms with Gasteiger partial charge in [-0.25, -0.2) is 13.1 Å². The first kappa shape index (κ1) is 19.0. The molecule has 8 heteroatoms. The number of nitrogens with one attached hydrogen (secondary N) is 1. The molecule has 0 amide bonds. The van der Waals surface area contributed by atoms with E-state index < -0.39 is 10.0 Å². The molecular formula is C18H27N5O2S. The average molecular weight is 378 g/mol. The fraction of sp³-hybridized carbons (Fsp3) is 0.556. The summed E-state index contributed by atoms with van der Waals surface area (Å²) in [5.41, 5.74) is 1.93. The molecule has 1 aliphatic carbocycles. The first-order chi connectivity index (χ1) is 12.2. The number of hydrogen-bond acceptors (Lipinski definition) is 5. The molecule has 1 aromatic carbocycles. The van der Waals surface area contributed by atoms with E-state index in [1.165, 1.54) is 0 Å². The van der Waals surface area contributed by atoms with Crippen molar-refractivity contribution >= 4 is 10.0 Å². The number of rotatable bonds is 7. The summed E-state index contributed by atoms with van der Waals surface area (Å²) < 4.78 is 29.6. The molecule has 7 nitrogen and oxygen atoms in total. The van der Waals surface area contributed by atoms with Gasteiger partial charge in [-0.2, -0.15) is 0 Å². The zero-order valence-corrected chi connectivity index (χ0v) is 16.6. The molecule has 142 valence electrons. The fourth-order valence-corrected chi connectivity index (χ4v) is 4.69. The summed E-state index contributed by atoms with van der Waals surface area (Å²) in [4.78, 5) is 2.05. The van der Waals surface area contributed by atoms with Crippen molar-refractivity contribution in [1.82, 2.24) is 24.4 Å². The van der Waals surface area contributed by atoms with E-state index in [0.717, 1.165) is 42.2 Å². The maximum absolute atomic E-state index is 12.4. The predicted molar refractivity (Wildman–Crippen MR) is 101 cm³/mol. The van der Waals surface area contributed by atoms with Gasteiger partial charge in [0.2, 0.25) is 10.0 Å². The standard InChI is InChI=1S/C18H27N5O2S/c1-13-5-7-14(8-6-13)12-26(24,25)21-16-9-15(10-16)18-20-19-17(23(18)4)11-22(2)3/h5-8,15-16,21H,9-12H2,1-4H3. The maximum atomic E-state index is 12.4. The van der Waals surface area contributed by atoms with Gasteiger partial charge in [0.1, 0.15) is 11.6 Å². The van der Waals surface area contributed by atoms with Crippen LogP contribution in [0.4, 0.5) is 0 Å². The van der Waals surface area contributed by atoms with Gasteiger partial charge in [-0.1, -0.05) is 29.8 Å². The largest absolute Gasteiger partial charge is 0.317 e. The van der Waals surface area contributed by atoms with Gasteiger partial charge >= 0.3 is 0 Å². The second kappa shape index (κ2) is 7.46. The van der Waals surface area contributed by atoms with Crippen molar-refractivity contribution in [3.63, 3.8) is 0 Å². The van der Waals surface area contributed by atoms with Crippen LogP contribution in [0.5, 0.6) is 0 Å². The van der Waals surface area contributed by atoms with Crippen LogP contribution in [0.3, 0.4) is 0 Å². The monoisotopic (exact) mass is 377 g/mol. The SMILES string of the molecule is Cc1ccc(CS(=O)(=O)NC2CC(c3nnc(CN(C)C)n3C)C2)cc1. The molecule has 0 spiro atoms. The highest BCUT2D eigenvalue weighted by Crippen LogP contribution is 2.36. The van der Waals surface area contributed by atoms with Crippen molar-refractivity contribution in [2.24, 2.45) is 7.05 Å². The minimum atomic E-state index is -3.33. The lowest BCUT2D eigenvalue weighted by Gasteiger charge is -2.34. The number of sulfonamides is 1. The van der Waals surface area contributed by atoms with E-state index in [2.05, 4.69) is 19.8 Å². The van der Waals surface area contributed by atoms with Crippen molar-refractivity contribution in [3.8, 4) is 0 Å². The van der Waals surface area contributed by atoms with Crippen LogP contribution in [0, 0.1) is 6.92 Å². The number of hydrogen-bond donors (Lipinski definition) is 1. The summed E-state index contributed by atoms with van der Waals surface area (Å²) in [6.45, 7) is 2.73. The van der Waals surface area contributed by atoms with Crippen LogP contribution in [-0.4, -0.2) is 48.2 Å². The van der Waals surface area contributed by atoms with E-state index in [9.17, 15) is 8.42 Å². The van der Waals surface area contributed by atoms with Gasteiger partial charge in [-0.05, 0) is 39.4 Å². The van der Waals surface area contributed by atoms with E-state index in [1.807, 2.05) is 56.9 Å². The summed E-state index contributed by atoms with van der Waals surface area (Å²) in [7, 11) is 2.63. The third-order valence-corrected chi connectivity index (χ3v) is 6.19. The fourth-order valence-electron chi connectivity index (χ4n) is 3.28. The van der Waals surface area contributed by atoms with Gasteiger partial charge in [0.25, 0.3) is 0 Å². The molecule has 2 aromatic rings. The first-order valence-electron chi connectivity index (χ1n) is 8.82. The average Bonchev–Trinajstić information content (AvgIpc) is 2.85.